The smallest absolute Gasteiger partial charge is 0.264 e. The van der Waals surface area contributed by atoms with Crippen LogP contribution in [0.1, 0.15) is 162 Å². The first-order valence-electron chi connectivity index (χ1n) is 41.6. The molecular formula is C86H114Cl2F2N8O11S2. The van der Waals surface area contributed by atoms with Gasteiger partial charge in [-0.15, -0.1) is 0 Å². The lowest BCUT2D eigenvalue weighted by Gasteiger charge is -2.49. The third-order valence-electron chi connectivity index (χ3n) is 28.9. The molecule has 2 amide bonds. The Kier molecular flexibility index (Phi) is 23.3. The van der Waals surface area contributed by atoms with Crippen molar-refractivity contribution in [1.29, 1.82) is 0 Å². The van der Waals surface area contributed by atoms with Crippen molar-refractivity contribution >= 4 is 66.4 Å². The number of fused-ring (bicyclic) bond motifs is 12. The minimum absolute atomic E-state index is 0.0293. The summed E-state index contributed by atoms with van der Waals surface area (Å²) in [6.07, 6.45) is 17.0. The predicted octanol–water partition coefficient (Wildman–Crippen LogP) is 12.6. The molecule has 9 aliphatic heterocycles. The van der Waals surface area contributed by atoms with Crippen LogP contribution in [0.25, 0.3) is 0 Å². The molecule has 15 aliphatic rings. The minimum Gasteiger partial charge on any atom is -0.490 e. The van der Waals surface area contributed by atoms with E-state index in [-0.39, 0.29) is 68.7 Å². The van der Waals surface area contributed by atoms with Crippen LogP contribution in [0.3, 0.4) is 0 Å². The molecule has 8 bridgehead atoms. The highest BCUT2D eigenvalue weighted by Gasteiger charge is 2.51. The summed E-state index contributed by atoms with van der Waals surface area (Å²) in [6, 6.07) is 18.9. The number of hydrogen-bond acceptors (Lipinski definition) is 17. The fourth-order valence-electron chi connectivity index (χ4n) is 21.1. The molecule has 0 radical (unpaired) electrons. The lowest BCUT2D eigenvalue weighted by atomic mass is 9.64. The van der Waals surface area contributed by atoms with Crippen molar-refractivity contribution in [2.75, 3.05) is 141 Å². The molecule has 5 fully saturated rings. The zero-order valence-electron chi connectivity index (χ0n) is 65.6. The number of anilines is 2. The molecule has 19 nitrogen and oxygen atoms in total. The van der Waals surface area contributed by atoms with E-state index in [1.54, 1.807) is 62.4 Å². The standard InChI is InChI=1S/C44H58ClFN4O6S.C42H56ClFN4O5S/c1-28-29(2)57(52,53)47-43(51)30-6-10-40-39(24-30)50(26-44(27-56-40)13-3-4-36-37(44)8-9-38(45)41(36)46)25-31-5-7-35(31)42(33-22-32(28)23-33)55-21-18-48-14-16-49(17-15-48)34-11-19-54-20-12-34;1-26(2)47-16-14-46(15-17-47)18-19-52-40-32-20-31(21-32)27(3)28(4)54(50,51)45-41(49)29-8-12-38-37(22-29)48(23-30-7-9-33(30)40)24-42(25-53-38)13-5-6-34-35(42)10-11-36(43)39(34)44/h6,8-10,22,24,28-29,31-32,34-35,42H,3-5,7,11-21,23,25-27H2,1-2H3,(H,47,51);8,10-12,20,22,26-28,30-31,33,40H,5-7,9,13-19,21,23-25H2,1-4H3,(H,45,49)/t28-,29-,31+,32+,35-,42+,44+;27-,28-,30+,31+,33-,40+,42+/m11/s1. The van der Waals surface area contributed by atoms with E-state index in [9.17, 15) is 26.4 Å². The molecule has 9 heterocycles. The average molecular weight is 1610 g/mol. The van der Waals surface area contributed by atoms with Gasteiger partial charge in [-0.2, -0.15) is 0 Å². The number of ether oxygens (including phenoxy) is 5. The zero-order chi connectivity index (χ0) is 77.4. The highest BCUT2D eigenvalue weighted by molar-refractivity contribution is 7.91. The van der Waals surface area contributed by atoms with E-state index in [1.165, 1.54) is 11.1 Å². The van der Waals surface area contributed by atoms with Crippen LogP contribution in [0.15, 0.2) is 84.0 Å². The number of allylic oxidation sites excluding steroid dienone is 2. The van der Waals surface area contributed by atoms with E-state index in [0.717, 1.165) is 191 Å². The molecule has 2 saturated carbocycles. The lowest BCUT2D eigenvalue weighted by molar-refractivity contribution is -0.0384. The van der Waals surface area contributed by atoms with Gasteiger partial charge >= 0.3 is 0 Å². The van der Waals surface area contributed by atoms with Crippen LogP contribution in [0.2, 0.25) is 10.0 Å². The number of sulfonamides is 2. The van der Waals surface area contributed by atoms with Gasteiger partial charge in [-0.3, -0.25) is 29.2 Å². The maximum absolute atomic E-state index is 15.6. The van der Waals surface area contributed by atoms with E-state index >= 15 is 8.78 Å². The minimum atomic E-state index is -3.98. The number of rotatable bonds is 10. The monoisotopic (exact) mass is 1610 g/mol. The summed E-state index contributed by atoms with van der Waals surface area (Å²) < 4.78 is 123. The van der Waals surface area contributed by atoms with Gasteiger partial charge in [0.05, 0.1) is 70.6 Å². The molecule has 6 aliphatic carbocycles. The second kappa shape index (κ2) is 32.6. The topological polar surface area (TPSA) is 192 Å². The number of benzene rings is 4. The summed E-state index contributed by atoms with van der Waals surface area (Å²) in [5.74, 6) is 0.397. The summed E-state index contributed by atoms with van der Waals surface area (Å²) in [5, 5.41) is -1.26. The Labute approximate surface area is 666 Å². The van der Waals surface area contributed by atoms with Crippen LogP contribution in [-0.2, 0) is 57.9 Å². The van der Waals surface area contributed by atoms with Gasteiger partial charge in [0.2, 0.25) is 20.0 Å². The van der Waals surface area contributed by atoms with Crippen LogP contribution >= 0.6 is 23.2 Å². The first-order chi connectivity index (χ1) is 53.3. The molecule has 0 unspecified atom stereocenters. The normalized spacial score (nSPS) is 33.1. The lowest BCUT2D eigenvalue weighted by Crippen LogP contribution is -2.52. The van der Waals surface area contributed by atoms with E-state index in [4.69, 9.17) is 46.9 Å². The van der Waals surface area contributed by atoms with Crippen LogP contribution in [0.4, 0.5) is 20.2 Å². The van der Waals surface area contributed by atoms with Crippen molar-refractivity contribution in [1.82, 2.24) is 29.0 Å². The van der Waals surface area contributed by atoms with Gasteiger partial charge < -0.3 is 33.5 Å². The Hall–Kier alpha value is -5.44. The molecule has 25 heteroatoms. The molecule has 19 rings (SSSR count). The van der Waals surface area contributed by atoms with E-state index in [1.807, 2.05) is 26.0 Å². The van der Waals surface area contributed by atoms with E-state index < -0.39 is 53.2 Å². The molecular weight excluding hydrogens is 1490 g/mol. The number of nitrogens with zero attached hydrogens (tertiary/aromatic N) is 6. The number of nitrogens with one attached hydrogen (secondary N) is 2. The van der Waals surface area contributed by atoms with Crippen molar-refractivity contribution < 1.29 is 58.9 Å². The first kappa shape index (κ1) is 79.4. The van der Waals surface area contributed by atoms with Gasteiger partial charge in [-0.05, 0) is 247 Å². The molecule has 111 heavy (non-hydrogen) atoms. The van der Waals surface area contributed by atoms with Crippen LogP contribution in [-0.4, -0.2) is 214 Å². The fourth-order valence-corrected chi connectivity index (χ4v) is 24.1. The molecule has 604 valence electrons. The highest BCUT2D eigenvalue weighted by atomic mass is 35.5. The molecule has 14 atom stereocenters. The van der Waals surface area contributed by atoms with Crippen LogP contribution < -0.4 is 28.7 Å². The number of carbonyl (C=O) groups is 2. The molecule has 4 aromatic carbocycles. The SMILES string of the molecule is CC(C)N1CCN(CCO[C@H]2C3=C[C@@H](C3)[C@H](C)[C@@H](C)S(=O)(=O)NC(=O)c3ccc4c(c3)N(C[C@@H]3CC[C@H]32)C[C@@]2(CCCc3c2ccc(Cl)c3F)CO4)CC1.C[C@@H]1[C@@H](C)S(=O)(=O)NC(=O)c2ccc3c(c2)N(C[C@@H]2CC[C@H]2[C@@H](OCCN2CCN(C4CCOCC4)CC2)C2=C[C@H]1C2)C[C@@]1(CCCc2c1ccc(Cl)c2F)CO3. The van der Waals surface area contributed by atoms with Crippen molar-refractivity contribution in [2.45, 2.75) is 177 Å². The fraction of sp³-hybridized carbons (Fsp3) is 0.651. The Balaban J connectivity index is 0.000000169. The molecule has 3 saturated heterocycles. The highest BCUT2D eigenvalue weighted by Crippen LogP contribution is 2.53. The molecule has 4 aromatic rings. The van der Waals surface area contributed by atoms with Gasteiger partial charge in [0.1, 0.15) is 23.1 Å². The van der Waals surface area contributed by atoms with Crippen molar-refractivity contribution in [3.05, 3.63) is 139 Å². The van der Waals surface area contributed by atoms with Gasteiger partial charge in [-0.1, -0.05) is 61.3 Å². The number of hydrogen-bond donors (Lipinski definition) is 2. The second-order valence-corrected chi connectivity index (χ2v) is 40.2. The molecule has 2 spiro atoms. The van der Waals surface area contributed by atoms with Crippen LogP contribution in [0, 0.1) is 59.0 Å². The third kappa shape index (κ3) is 16.0. The maximum Gasteiger partial charge on any atom is 0.264 e. The number of halogens is 4. The van der Waals surface area contributed by atoms with Gasteiger partial charge in [0, 0.05) is 139 Å². The molecule has 2 N–H and O–H groups in total. The van der Waals surface area contributed by atoms with Gasteiger partial charge in [0.15, 0.2) is 0 Å². The Morgan fingerprint density at radius 3 is 1.42 bits per heavy atom. The first-order valence-corrected chi connectivity index (χ1v) is 45.4. The quantitative estimate of drug-likeness (QED) is 0.142. The summed E-state index contributed by atoms with van der Waals surface area (Å²) >= 11 is 12.6. The Bertz CT molecular complexity index is 4440. The van der Waals surface area contributed by atoms with E-state index in [2.05, 4.69) is 64.8 Å². The zero-order valence-corrected chi connectivity index (χ0v) is 68.7. The Morgan fingerprint density at radius 1 is 0.577 bits per heavy atom. The van der Waals surface area contributed by atoms with Gasteiger partial charge in [0.25, 0.3) is 11.8 Å². The predicted molar refractivity (Wildman–Crippen MR) is 430 cm³/mol. The van der Waals surface area contributed by atoms with Crippen molar-refractivity contribution in [2.24, 2.45) is 47.3 Å². The van der Waals surface area contributed by atoms with Crippen molar-refractivity contribution in [3.8, 4) is 11.5 Å². The maximum atomic E-state index is 15.6. The third-order valence-corrected chi connectivity index (χ3v) is 33.3. The van der Waals surface area contributed by atoms with Gasteiger partial charge in [-0.25, -0.2) is 35.1 Å². The van der Waals surface area contributed by atoms with Crippen molar-refractivity contribution in [3.63, 3.8) is 0 Å². The average Bonchev–Trinajstić information content (AvgIpc) is 1.71. The summed E-state index contributed by atoms with van der Waals surface area (Å²) in [7, 11) is -7.94. The Morgan fingerprint density at radius 2 is 1.01 bits per heavy atom. The number of carbonyl (C=O) groups excluding carboxylic acids is 2. The number of amides is 2. The largest absolute Gasteiger partial charge is 0.490 e. The number of piperazine rings is 2. The summed E-state index contributed by atoms with van der Waals surface area (Å²) in [5.41, 5.74) is 6.83. The summed E-state index contributed by atoms with van der Waals surface area (Å²) in [6.45, 7) is 28.5. The van der Waals surface area contributed by atoms with Crippen LogP contribution in [0.5, 0.6) is 11.5 Å². The molecule has 0 aromatic heterocycles. The van der Waals surface area contributed by atoms with E-state index in [0.29, 0.717) is 111 Å². The summed E-state index contributed by atoms with van der Waals surface area (Å²) in [4.78, 5) is 42.3. The second-order valence-electron chi connectivity index (χ2n) is 35.3.